The minimum Gasteiger partial charge on any atom is -0.466 e. The number of rotatable bonds is 70. The third-order valence-electron chi connectivity index (χ3n) is 17.4. The second kappa shape index (κ2) is 71.6. The van der Waals surface area contributed by atoms with E-state index >= 15 is 0 Å². The molecule has 0 rings (SSSR count). The maximum absolute atomic E-state index is 12.5. The highest BCUT2D eigenvalue weighted by Gasteiger charge is 2.18. The van der Waals surface area contributed by atoms with Crippen molar-refractivity contribution in [2.75, 3.05) is 13.2 Å². The Kier molecular flexibility index (Phi) is 69.9. The zero-order valence-corrected chi connectivity index (χ0v) is 55.5. The van der Waals surface area contributed by atoms with Gasteiger partial charge in [-0.2, -0.15) is 0 Å². The monoisotopic (exact) mass is 1150 g/mol. The molecule has 82 heavy (non-hydrogen) atoms. The first-order valence-corrected chi connectivity index (χ1v) is 37.3. The molecule has 3 N–H and O–H groups in total. The van der Waals surface area contributed by atoms with Crippen molar-refractivity contribution in [1.82, 2.24) is 5.32 Å². The number of esters is 1. The van der Waals surface area contributed by atoms with Gasteiger partial charge >= 0.3 is 5.97 Å². The summed E-state index contributed by atoms with van der Waals surface area (Å²) in [5.41, 5.74) is 0. The number of aliphatic hydroxyl groups excluding tert-OH is 2. The Hall–Kier alpha value is -1.92. The summed E-state index contributed by atoms with van der Waals surface area (Å²) in [6.45, 7) is 4.93. The molecule has 0 heterocycles. The van der Waals surface area contributed by atoms with Crippen LogP contribution >= 0.6 is 0 Å². The Morgan fingerprint density at radius 3 is 0.866 bits per heavy atom. The molecule has 0 aromatic heterocycles. The van der Waals surface area contributed by atoms with E-state index < -0.39 is 12.1 Å². The summed E-state index contributed by atoms with van der Waals surface area (Å²) in [5.74, 6) is -0.0610. The van der Waals surface area contributed by atoms with Crippen LogP contribution in [0.2, 0.25) is 0 Å². The van der Waals surface area contributed by atoms with Crippen molar-refractivity contribution < 1.29 is 24.5 Å². The van der Waals surface area contributed by atoms with Crippen LogP contribution in [0.3, 0.4) is 0 Å². The van der Waals surface area contributed by atoms with E-state index in [-0.39, 0.29) is 18.5 Å². The van der Waals surface area contributed by atoms with E-state index in [0.29, 0.717) is 19.4 Å². The van der Waals surface area contributed by atoms with Crippen molar-refractivity contribution in [3.05, 3.63) is 36.5 Å². The van der Waals surface area contributed by atoms with Crippen LogP contribution in [0.4, 0.5) is 0 Å². The number of hydrogen-bond donors (Lipinski definition) is 3. The average Bonchev–Trinajstić information content (AvgIpc) is 3.48. The molecule has 0 spiro atoms. The van der Waals surface area contributed by atoms with E-state index in [9.17, 15) is 19.8 Å². The second-order valence-electron chi connectivity index (χ2n) is 25.6. The Morgan fingerprint density at radius 1 is 0.329 bits per heavy atom. The molecule has 0 aliphatic carbocycles. The summed E-state index contributed by atoms with van der Waals surface area (Å²) in [7, 11) is 0. The number of allylic oxidation sites excluding steroid dienone is 5. The standard InChI is InChI=1S/C76H145NO5/c1-3-5-7-9-11-13-15-17-19-20-21-22-23-25-28-31-34-37-41-44-48-52-56-60-64-68-74(79)73(72-78)77-75(80)69-65-61-57-53-49-45-42-38-35-32-29-26-24-27-30-33-36-39-43-47-51-55-59-63-67-71-82-76(81)70-66-62-58-54-50-46-40-18-16-14-12-10-8-6-4-2/h18,26,29,40,64,68,73-74,78-79H,3-17,19-25,27-28,30-39,41-63,65-67,69-72H2,1-2H3,(H,77,80)/b29-26-,40-18-,68-64+. The van der Waals surface area contributed by atoms with E-state index in [4.69, 9.17) is 4.74 Å². The topological polar surface area (TPSA) is 95.9 Å². The number of aliphatic hydroxyl groups is 2. The summed E-state index contributed by atoms with van der Waals surface area (Å²) in [6, 6.07) is -0.632. The molecule has 0 aliphatic rings. The van der Waals surface area contributed by atoms with E-state index in [1.54, 1.807) is 6.08 Å². The van der Waals surface area contributed by atoms with Gasteiger partial charge in [-0.05, 0) is 83.5 Å². The number of carbonyl (C=O) groups excluding carboxylic acids is 2. The molecule has 0 aromatic carbocycles. The van der Waals surface area contributed by atoms with Crippen LogP contribution in [0.15, 0.2) is 36.5 Å². The average molecular weight is 1150 g/mol. The molecule has 484 valence electrons. The first kappa shape index (κ1) is 80.1. The fourth-order valence-corrected chi connectivity index (χ4v) is 11.7. The minimum absolute atomic E-state index is 0.00578. The van der Waals surface area contributed by atoms with E-state index in [1.807, 2.05) is 6.08 Å². The predicted molar refractivity (Wildman–Crippen MR) is 361 cm³/mol. The summed E-state index contributed by atoms with van der Waals surface area (Å²) in [5, 5.41) is 23.3. The van der Waals surface area contributed by atoms with Gasteiger partial charge in [0.15, 0.2) is 0 Å². The van der Waals surface area contributed by atoms with E-state index in [2.05, 4.69) is 43.5 Å². The third-order valence-corrected chi connectivity index (χ3v) is 17.4. The van der Waals surface area contributed by atoms with Crippen molar-refractivity contribution in [1.29, 1.82) is 0 Å². The molecule has 0 radical (unpaired) electrons. The quantitative estimate of drug-likeness (QED) is 0.0320. The lowest BCUT2D eigenvalue weighted by Gasteiger charge is -2.20. The highest BCUT2D eigenvalue weighted by Crippen LogP contribution is 2.19. The highest BCUT2D eigenvalue weighted by molar-refractivity contribution is 5.76. The van der Waals surface area contributed by atoms with Crippen molar-refractivity contribution in [2.45, 2.75) is 424 Å². The molecule has 0 bridgehead atoms. The van der Waals surface area contributed by atoms with Crippen LogP contribution in [0.1, 0.15) is 412 Å². The maximum atomic E-state index is 12.5. The summed E-state index contributed by atoms with van der Waals surface area (Å²) < 4.78 is 5.49. The van der Waals surface area contributed by atoms with Crippen LogP contribution in [-0.4, -0.2) is 47.4 Å². The molecule has 0 saturated heterocycles. The van der Waals surface area contributed by atoms with Crippen LogP contribution in [-0.2, 0) is 14.3 Å². The van der Waals surface area contributed by atoms with Gasteiger partial charge in [0.2, 0.25) is 5.91 Å². The molecular weight excluding hydrogens is 1010 g/mol. The van der Waals surface area contributed by atoms with Gasteiger partial charge in [-0.3, -0.25) is 9.59 Å². The molecule has 1 amide bonds. The molecule has 6 heteroatoms. The number of nitrogens with one attached hydrogen (secondary N) is 1. The lowest BCUT2D eigenvalue weighted by Crippen LogP contribution is -2.45. The normalized spacial score (nSPS) is 12.7. The van der Waals surface area contributed by atoms with Crippen LogP contribution < -0.4 is 5.32 Å². The SMILES string of the molecule is CCCCCCCC/C=C\CCCCCCCC(=O)OCCCCCCCCCCCCCC/C=C\CCCCCCCCCCCC(=O)NC(CO)C(O)/C=C/CCCCCCCCCCCCCCCCCCCCCCCCC. The Balaban J connectivity index is 3.42. The van der Waals surface area contributed by atoms with Crippen LogP contribution in [0.5, 0.6) is 0 Å². The molecule has 2 atom stereocenters. The van der Waals surface area contributed by atoms with Crippen molar-refractivity contribution in [2.24, 2.45) is 0 Å². The first-order valence-electron chi connectivity index (χ1n) is 37.3. The molecule has 0 saturated carbocycles. The molecule has 0 fully saturated rings. The highest BCUT2D eigenvalue weighted by atomic mass is 16.5. The molecule has 0 aliphatic heterocycles. The summed E-state index contributed by atoms with van der Waals surface area (Å²) in [4.78, 5) is 24.6. The van der Waals surface area contributed by atoms with Gasteiger partial charge in [0.25, 0.3) is 0 Å². The number of hydrogen-bond acceptors (Lipinski definition) is 5. The van der Waals surface area contributed by atoms with Gasteiger partial charge in [0, 0.05) is 12.8 Å². The van der Waals surface area contributed by atoms with Crippen molar-refractivity contribution >= 4 is 11.9 Å². The molecular formula is C76H145NO5. The maximum Gasteiger partial charge on any atom is 0.305 e. The van der Waals surface area contributed by atoms with Gasteiger partial charge < -0.3 is 20.3 Å². The lowest BCUT2D eigenvalue weighted by molar-refractivity contribution is -0.143. The molecule has 0 aromatic rings. The fourth-order valence-electron chi connectivity index (χ4n) is 11.7. The number of carbonyl (C=O) groups is 2. The Bertz CT molecular complexity index is 1330. The van der Waals surface area contributed by atoms with Gasteiger partial charge in [-0.25, -0.2) is 0 Å². The Morgan fingerprint density at radius 2 is 0.573 bits per heavy atom. The van der Waals surface area contributed by atoms with Gasteiger partial charge in [-0.15, -0.1) is 0 Å². The Labute approximate surface area is 513 Å². The molecule has 6 nitrogen and oxygen atoms in total. The summed E-state index contributed by atoms with van der Waals surface area (Å²) in [6.07, 6.45) is 92.4. The largest absolute Gasteiger partial charge is 0.466 e. The zero-order chi connectivity index (χ0) is 59.2. The van der Waals surface area contributed by atoms with Crippen LogP contribution in [0, 0.1) is 0 Å². The van der Waals surface area contributed by atoms with Gasteiger partial charge in [-0.1, -0.05) is 352 Å². The van der Waals surface area contributed by atoms with E-state index in [0.717, 1.165) is 44.9 Å². The lowest BCUT2D eigenvalue weighted by atomic mass is 10.0. The number of amides is 1. The van der Waals surface area contributed by atoms with Crippen molar-refractivity contribution in [3.63, 3.8) is 0 Å². The minimum atomic E-state index is -0.849. The first-order chi connectivity index (χ1) is 40.5. The second-order valence-corrected chi connectivity index (χ2v) is 25.6. The van der Waals surface area contributed by atoms with Gasteiger partial charge in [0.05, 0.1) is 25.4 Å². The van der Waals surface area contributed by atoms with Gasteiger partial charge in [0.1, 0.15) is 0 Å². The summed E-state index contributed by atoms with van der Waals surface area (Å²) >= 11 is 0. The van der Waals surface area contributed by atoms with Crippen LogP contribution in [0.25, 0.3) is 0 Å². The van der Waals surface area contributed by atoms with E-state index in [1.165, 1.54) is 340 Å². The zero-order valence-electron chi connectivity index (χ0n) is 55.5. The number of unbranched alkanes of at least 4 members (excludes halogenated alkanes) is 55. The third kappa shape index (κ3) is 67.2. The molecule has 2 unspecified atom stereocenters. The smallest absolute Gasteiger partial charge is 0.305 e. The number of ether oxygens (including phenoxy) is 1. The fraction of sp³-hybridized carbons (Fsp3) is 0.895. The predicted octanol–water partition coefficient (Wildman–Crippen LogP) is 24.3. The van der Waals surface area contributed by atoms with Crippen molar-refractivity contribution in [3.8, 4) is 0 Å².